The molecule has 4 N–H and O–H groups in total. The Labute approximate surface area is 154 Å². The minimum Gasteiger partial charge on any atom is -0.394 e. The first kappa shape index (κ1) is 18.7. The molecule has 0 bridgehead atoms. The molecule has 0 spiro atoms. The average Bonchev–Trinajstić information content (AvgIpc) is 2.95. The molecule has 5 atom stereocenters. The van der Waals surface area contributed by atoms with Crippen LogP contribution < -0.4 is 0 Å². The number of thiazole rings is 1. The van der Waals surface area contributed by atoms with E-state index in [1.165, 1.54) is 0 Å². The zero-order valence-corrected chi connectivity index (χ0v) is 15.1. The Bertz CT molecular complexity index is 720. The van der Waals surface area contributed by atoms with E-state index in [4.69, 9.17) is 16.3 Å². The minimum atomic E-state index is -1.43. The van der Waals surface area contributed by atoms with E-state index >= 15 is 0 Å². The van der Waals surface area contributed by atoms with Crippen LogP contribution in [0.1, 0.15) is 27.9 Å². The van der Waals surface area contributed by atoms with Crippen LogP contribution >= 0.6 is 22.9 Å². The van der Waals surface area contributed by atoms with Crippen molar-refractivity contribution >= 4 is 22.9 Å². The predicted octanol–water partition coefficient (Wildman–Crippen LogP) is 1.21. The minimum absolute atomic E-state index is 0.406. The first-order valence-corrected chi connectivity index (χ1v) is 9.11. The number of aromatic nitrogens is 1. The SMILES string of the molecule is Cc1ccc(Cc2nc([C@@H]3O[C@H](CO)[C@@H](O)[C@H](O)[C@H]3O)sc2Cl)cc1. The van der Waals surface area contributed by atoms with Gasteiger partial charge < -0.3 is 25.2 Å². The van der Waals surface area contributed by atoms with Crippen LogP contribution in [0.2, 0.25) is 4.34 Å². The van der Waals surface area contributed by atoms with Gasteiger partial charge in [0.25, 0.3) is 0 Å². The van der Waals surface area contributed by atoms with Gasteiger partial charge in [0.2, 0.25) is 0 Å². The predicted molar refractivity (Wildman–Crippen MR) is 93.8 cm³/mol. The second-order valence-corrected chi connectivity index (χ2v) is 7.82. The van der Waals surface area contributed by atoms with Gasteiger partial charge in [-0.1, -0.05) is 41.4 Å². The van der Waals surface area contributed by atoms with E-state index in [9.17, 15) is 20.4 Å². The second kappa shape index (κ2) is 7.67. The summed E-state index contributed by atoms with van der Waals surface area (Å²) in [7, 11) is 0. The number of benzene rings is 1. The van der Waals surface area contributed by atoms with Crippen LogP contribution in [0.15, 0.2) is 24.3 Å². The van der Waals surface area contributed by atoms with Gasteiger partial charge in [-0.15, -0.1) is 11.3 Å². The highest BCUT2D eigenvalue weighted by Crippen LogP contribution is 2.37. The lowest BCUT2D eigenvalue weighted by molar-refractivity contribution is -0.231. The van der Waals surface area contributed by atoms with Gasteiger partial charge in [-0.2, -0.15) is 0 Å². The summed E-state index contributed by atoms with van der Waals surface area (Å²) in [5, 5.41) is 39.7. The number of aliphatic hydroxyl groups is 4. The van der Waals surface area contributed by atoms with Gasteiger partial charge in [-0.3, -0.25) is 0 Å². The van der Waals surface area contributed by atoms with Crippen molar-refractivity contribution in [2.24, 2.45) is 0 Å². The number of nitrogens with zero attached hydrogens (tertiary/aromatic N) is 1. The highest BCUT2D eigenvalue weighted by molar-refractivity contribution is 7.16. The summed E-state index contributed by atoms with van der Waals surface area (Å²) in [5.41, 5.74) is 2.87. The zero-order valence-electron chi connectivity index (χ0n) is 13.5. The molecule has 0 saturated carbocycles. The van der Waals surface area contributed by atoms with Crippen molar-refractivity contribution < 1.29 is 25.2 Å². The number of aryl methyl sites for hydroxylation is 1. The summed E-state index contributed by atoms with van der Waals surface area (Å²) < 4.78 is 6.01. The number of aliphatic hydroxyl groups excluding tert-OH is 4. The van der Waals surface area contributed by atoms with Gasteiger partial charge in [0.15, 0.2) is 0 Å². The first-order valence-electron chi connectivity index (χ1n) is 7.92. The van der Waals surface area contributed by atoms with Crippen LogP contribution in [-0.4, -0.2) is 56.4 Å². The lowest BCUT2D eigenvalue weighted by Gasteiger charge is -2.39. The van der Waals surface area contributed by atoms with Crippen molar-refractivity contribution in [3.63, 3.8) is 0 Å². The van der Waals surface area contributed by atoms with Gasteiger partial charge in [0, 0.05) is 6.42 Å². The molecule has 2 aromatic rings. The van der Waals surface area contributed by atoms with E-state index in [1.807, 2.05) is 31.2 Å². The number of hydrogen-bond acceptors (Lipinski definition) is 7. The van der Waals surface area contributed by atoms with Crippen LogP contribution in [0, 0.1) is 6.92 Å². The van der Waals surface area contributed by atoms with Gasteiger partial charge >= 0.3 is 0 Å². The van der Waals surface area contributed by atoms with E-state index in [1.54, 1.807) is 0 Å². The molecule has 8 heteroatoms. The fourth-order valence-corrected chi connectivity index (χ4v) is 4.02. The molecule has 2 heterocycles. The largest absolute Gasteiger partial charge is 0.394 e. The van der Waals surface area contributed by atoms with Crippen LogP contribution in [0.5, 0.6) is 0 Å². The molecule has 1 aromatic heterocycles. The zero-order chi connectivity index (χ0) is 18.1. The quantitative estimate of drug-likeness (QED) is 0.631. The Morgan fingerprint density at radius 1 is 1.12 bits per heavy atom. The molecule has 1 aliphatic rings. The Balaban J connectivity index is 1.82. The van der Waals surface area contributed by atoms with E-state index in [0.717, 1.165) is 22.5 Å². The third-order valence-electron chi connectivity index (χ3n) is 4.29. The maximum Gasteiger partial charge on any atom is 0.138 e. The summed E-state index contributed by atoms with van der Waals surface area (Å²) >= 11 is 7.44. The fraction of sp³-hybridized carbons (Fsp3) is 0.471. The highest BCUT2D eigenvalue weighted by Gasteiger charge is 2.45. The van der Waals surface area contributed by atoms with E-state index in [2.05, 4.69) is 4.98 Å². The van der Waals surface area contributed by atoms with Crippen LogP contribution in [0.25, 0.3) is 0 Å². The molecule has 136 valence electrons. The maximum atomic E-state index is 10.2. The average molecular weight is 386 g/mol. The summed E-state index contributed by atoms with van der Waals surface area (Å²) in [6, 6.07) is 8.01. The molecule has 0 unspecified atom stereocenters. The summed E-state index contributed by atoms with van der Waals surface area (Å²) in [6.45, 7) is 1.54. The number of halogens is 1. The standard InChI is InChI=1S/C17H20ClNO5S/c1-8-2-4-9(5-3-8)6-10-16(18)25-17(19-10)15-14(23)13(22)12(21)11(7-20)24-15/h2-5,11-15,20-23H,6-7H2,1H3/t11-,12-,13+,14-,15-/m1/s1. The van der Waals surface area contributed by atoms with Crippen LogP contribution in [0.3, 0.4) is 0 Å². The number of ether oxygens (including phenoxy) is 1. The topological polar surface area (TPSA) is 103 Å². The molecule has 6 nitrogen and oxygen atoms in total. The molecular formula is C17H20ClNO5S. The van der Waals surface area contributed by atoms with E-state index < -0.39 is 37.1 Å². The molecular weight excluding hydrogens is 366 g/mol. The van der Waals surface area contributed by atoms with Crippen molar-refractivity contribution in [2.45, 2.75) is 43.9 Å². The normalized spacial score (nSPS) is 29.8. The summed E-state index contributed by atoms with van der Waals surface area (Å²) in [6.07, 6.45) is -5.56. The van der Waals surface area contributed by atoms with Gasteiger partial charge in [0.05, 0.1) is 12.3 Å². The molecule has 0 radical (unpaired) electrons. The number of hydrogen-bond donors (Lipinski definition) is 4. The Morgan fingerprint density at radius 3 is 2.44 bits per heavy atom. The lowest BCUT2D eigenvalue weighted by atomic mass is 9.95. The first-order chi connectivity index (χ1) is 11.9. The Hall–Kier alpha value is -1.06. The van der Waals surface area contributed by atoms with Gasteiger partial charge in [-0.25, -0.2) is 4.98 Å². The van der Waals surface area contributed by atoms with Crippen molar-refractivity contribution in [1.29, 1.82) is 0 Å². The fourth-order valence-electron chi connectivity index (χ4n) is 2.79. The third-order valence-corrected chi connectivity index (χ3v) is 5.69. The molecule has 1 saturated heterocycles. The van der Waals surface area contributed by atoms with E-state index in [0.29, 0.717) is 21.5 Å². The Morgan fingerprint density at radius 2 is 1.80 bits per heavy atom. The van der Waals surface area contributed by atoms with Crippen LogP contribution in [-0.2, 0) is 11.2 Å². The molecule has 1 aromatic carbocycles. The van der Waals surface area contributed by atoms with Crippen molar-refractivity contribution in [1.82, 2.24) is 4.98 Å². The van der Waals surface area contributed by atoms with Gasteiger partial charge in [0.1, 0.15) is 39.9 Å². The number of rotatable bonds is 4. The van der Waals surface area contributed by atoms with Crippen LogP contribution in [0.4, 0.5) is 0 Å². The Kier molecular flexibility index (Phi) is 5.75. The molecule has 25 heavy (non-hydrogen) atoms. The van der Waals surface area contributed by atoms with Crippen molar-refractivity contribution in [3.05, 3.63) is 50.4 Å². The van der Waals surface area contributed by atoms with Crippen molar-refractivity contribution in [3.8, 4) is 0 Å². The molecule has 1 aliphatic heterocycles. The monoisotopic (exact) mass is 385 g/mol. The maximum absolute atomic E-state index is 10.2. The molecule has 0 amide bonds. The molecule has 3 rings (SSSR count). The highest BCUT2D eigenvalue weighted by atomic mass is 35.5. The van der Waals surface area contributed by atoms with E-state index in [-0.39, 0.29) is 0 Å². The summed E-state index contributed by atoms with van der Waals surface area (Å²) in [5.74, 6) is 0. The third kappa shape index (κ3) is 3.88. The van der Waals surface area contributed by atoms with Crippen molar-refractivity contribution in [2.75, 3.05) is 6.61 Å². The molecule has 0 aliphatic carbocycles. The molecule has 1 fully saturated rings. The smallest absolute Gasteiger partial charge is 0.138 e. The summed E-state index contributed by atoms with van der Waals surface area (Å²) in [4.78, 5) is 4.46. The lowest BCUT2D eigenvalue weighted by Crippen LogP contribution is -2.55. The second-order valence-electron chi connectivity index (χ2n) is 6.18. The van der Waals surface area contributed by atoms with Gasteiger partial charge in [-0.05, 0) is 12.5 Å².